The van der Waals surface area contributed by atoms with Gasteiger partial charge in [0.15, 0.2) is 0 Å². The number of carbonyl (C=O) groups is 2. The van der Waals surface area contributed by atoms with Crippen LogP contribution in [0.4, 0.5) is 4.39 Å². The second kappa shape index (κ2) is 13.4. The lowest BCUT2D eigenvalue weighted by Crippen LogP contribution is -2.38. The van der Waals surface area contributed by atoms with Gasteiger partial charge >= 0.3 is 5.97 Å². The van der Waals surface area contributed by atoms with Gasteiger partial charge in [0.2, 0.25) is 0 Å². The Hall–Kier alpha value is -4.60. The molecule has 0 radical (unpaired) electrons. The number of benzene rings is 2. The lowest BCUT2D eigenvalue weighted by Gasteiger charge is -2.29. The van der Waals surface area contributed by atoms with Crippen molar-refractivity contribution in [2.45, 2.75) is 57.9 Å². The van der Waals surface area contributed by atoms with Crippen molar-refractivity contribution in [2.24, 2.45) is 0 Å². The molecular weight excluding hydrogens is 561 g/mol. The van der Waals surface area contributed by atoms with Gasteiger partial charge < -0.3 is 24.8 Å². The highest BCUT2D eigenvalue weighted by molar-refractivity contribution is 6.06. The summed E-state index contributed by atoms with van der Waals surface area (Å²) in [7, 11) is 0. The Labute approximate surface area is 255 Å². The van der Waals surface area contributed by atoms with Crippen LogP contribution in [0.1, 0.15) is 60.2 Å². The second-order valence-electron chi connectivity index (χ2n) is 11.3. The normalized spacial score (nSPS) is 14.5. The molecule has 0 aliphatic carbocycles. The van der Waals surface area contributed by atoms with Gasteiger partial charge in [0.25, 0.3) is 5.91 Å². The number of aliphatic hydroxyl groups excluding tert-OH is 2. The number of halogens is 1. The van der Waals surface area contributed by atoms with Gasteiger partial charge in [-0.05, 0) is 61.2 Å². The maximum absolute atomic E-state index is 14.6. The number of nitrogens with zero attached hydrogens (tertiary/aromatic N) is 3. The minimum absolute atomic E-state index is 0.172. The van der Waals surface area contributed by atoms with Crippen LogP contribution >= 0.6 is 0 Å². The van der Waals surface area contributed by atoms with Gasteiger partial charge in [0.1, 0.15) is 11.5 Å². The van der Waals surface area contributed by atoms with E-state index in [1.54, 1.807) is 29.3 Å². The molecule has 0 spiro atoms. The largest absolute Gasteiger partial charge is 0.481 e. The molecule has 4 aromatic rings. The van der Waals surface area contributed by atoms with Crippen molar-refractivity contribution in [3.8, 4) is 22.3 Å². The number of aromatic nitrogens is 2. The molecule has 2 aromatic carbocycles. The maximum atomic E-state index is 14.6. The number of carboxylic acids is 1. The average Bonchev–Trinajstić information content (AvgIpc) is 3.35. The number of hydrogen-bond acceptors (Lipinski definition) is 5. The number of rotatable bonds is 10. The summed E-state index contributed by atoms with van der Waals surface area (Å²) < 4.78 is 16.1. The molecule has 3 N–H and O–H groups in total. The minimum Gasteiger partial charge on any atom is -0.481 e. The third-order valence-corrected chi connectivity index (χ3v) is 7.82. The summed E-state index contributed by atoms with van der Waals surface area (Å²) in [5.74, 6) is -1.73. The van der Waals surface area contributed by atoms with Crippen molar-refractivity contribution in [3.63, 3.8) is 0 Å². The zero-order valence-corrected chi connectivity index (χ0v) is 24.7. The number of amides is 1. The van der Waals surface area contributed by atoms with E-state index in [0.717, 1.165) is 16.8 Å². The van der Waals surface area contributed by atoms with Gasteiger partial charge in [-0.2, -0.15) is 0 Å². The second-order valence-corrected chi connectivity index (χ2v) is 11.3. The molecular formula is C35H36FN3O5. The monoisotopic (exact) mass is 597 g/mol. The van der Waals surface area contributed by atoms with E-state index in [-0.39, 0.29) is 18.4 Å². The Morgan fingerprint density at radius 3 is 2.36 bits per heavy atom. The maximum Gasteiger partial charge on any atom is 0.305 e. The standard InChI is InChI=1S/C35H36FN3O5/c1-22(2)39-30(15-14-27(40)19-28(41)20-31(42)43)32(25-10-12-26(36)13-11-25)33(24-7-4-3-5-8-24)34(39)35(44)38-18-16-23-9-6-17-37-29(23)21-38/h3-15,17,22,27-28,40-41H,16,18-21H2,1-2H3,(H,42,43)/b15-14+/t27-,28-/m1/s1. The molecule has 0 unspecified atom stereocenters. The Bertz CT molecular complexity index is 1660. The number of fused-ring (bicyclic) bond motifs is 1. The minimum atomic E-state index is -1.23. The molecule has 5 rings (SSSR count). The Morgan fingerprint density at radius 2 is 1.68 bits per heavy atom. The molecule has 2 aromatic heterocycles. The van der Waals surface area contributed by atoms with E-state index in [1.807, 2.05) is 60.9 Å². The SMILES string of the molecule is CC(C)n1c(/C=C/[C@@H](O)C[C@@H](O)CC(=O)O)c(-c2ccc(F)cc2)c(-c2ccccc2)c1C(=O)N1CCc2cccnc2C1. The summed E-state index contributed by atoms with van der Waals surface area (Å²) in [5, 5.41) is 29.9. The summed E-state index contributed by atoms with van der Waals surface area (Å²) in [6.07, 6.45) is 2.57. The van der Waals surface area contributed by atoms with Crippen LogP contribution in [-0.2, 0) is 17.8 Å². The average molecular weight is 598 g/mol. The van der Waals surface area contributed by atoms with Crippen molar-refractivity contribution < 1.29 is 29.3 Å². The highest BCUT2D eigenvalue weighted by Gasteiger charge is 2.33. The number of carbonyl (C=O) groups excluding carboxylic acids is 1. The third-order valence-electron chi connectivity index (χ3n) is 7.82. The Kier molecular flexibility index (Phi) is 9.37. The predicted molar refractivity (Wildman–Crippen MR) is 166 cm³/mol. The summed E-state index contributed by atoms with van der Waals surface area (Å²) in [6.45, 7) is 4.82. The van der Waals surface area contributed by atoms with E-state index in [4.69, 9.17) is 5.11 Å². The quantitative estimate of drug-likeness (QED) is 0.215. The van der Waals surface area contributed by atoms with Gasteiger partial charge in [-0.15, -0.1) is 0 Å². The van der Waals surface area contributed by atoms with E-state index >= 15 is 0 Å². The fraction of sp³-hybridized carbons (Fsp3) is 0.286. The van der Waals surface area contributed by atoms with Crippen LogP contribution in [0.25, 0.3) is 28.3 Å². The van der Waals surface area contributed by atoms with Crippen molar-refractivity contribution in [2.75, 3.05) is 6.54 Å². The molecule has 0 bridgehead atoms. The first-order chi connectivity index (χ1) is 21.1. The Morgan fingerprint density at radius 1 is 0.977 bits per heavy atom. The first kappa shape index (κ1) is 30.8. The summed E-state index contributed by atoms with van der Waals surface area (Å²) in [5.41, 5.74) is 5.93. The third kappa shape index (κ3) is 6.64. The number of carboxylic acid groups (broad SMARTS) is 1. The molecule has 9 heteroatoms. The van der Waals surface area contributed by atoms with E-state index in [9.17, 15) is 24.2 Å². The van der Waals surface area contributed by atoms with Gasteiger partial charge in [-0.1, -0.05) is 54.6 Å². The molecule has 0 fully saturated rings. The van der Waals surface area contributed by atoms with E-state index < -0.39 is 30.4 Å². The highest BCUT2D eigenvalue weighted by Crippen LogP contribution is 2.43. The highest BCUT2D eigenvalue weighted by atomic mass is 19.1. The van der Waals surface area contributed by atoms with Crippen LogP contribution < -0.4 is 0 Å². The molecule has 44 heavy (non-hydrogen) atoms. The van der Waals surface area contributed by atoms with Crippen LogP contribution in [0.2, 0.25) is 0 Å². The number of aliphatic hydroxyl groups is 2. The lowest BCUT2D eigenvalue weighted by molar-refractivity contribution is -0.139. The Balaban J connectivity index is 1.71. The topological polar surface area (TPSA) is 116 Å². The number of aliphatic carboxylic acids is 1. The van der Waals surface area contributed by atoms with Crippen LogP contribution in [0.3, 0.4) is 0 Å². The summed E-state index contributed by atoms with van der Waals surface area (Å²) >= 11 is 0. The molecule has 0 saturated carbocycles. The van der Waals surface area contributed by atoms with Crippen LogP contribution in [0, 0.1) is 5.82 Å². The van der Waals surface area contributed by atoms with Gasteiger partial charge in [-0.25, -0.2) is 4.39 Å². The fourth-order valence-electron chi connectivity index (χ4n) is 5.84. The van der Waals surface area contributed by atoms with Crippen molar-refractivity contribution >= 4 is 18.0 Å². The lowest BCUT2D eigenvalue weighted by atomic mass is 9.93. The first-order valence-electron chi connectivity index (χ1n) is 14.7. The smallest absolute Gasteiger partial charge is 0.305 e. The molecule has 2 atom stereocenters. The zero-order chi connectivity index (χ0) is 31.4. The summed E-state index contributed by atoms with van der Waals surface area (Å²) in [4.78, 5) is 32.0. The number of pyridine rings is 1. The zero-order valence-electron chi connectivity index (χ0n) is 24.7. The van der Waals surface area contributed by atoms with Crippen molar-refractivity contribution in [1.82, 2.24) is 14.5 Å². The van der Waals surface area contributed by atoms with Crippen molar-refractivity contribution in [1.29, 1.82) is 0 Å². The number of hydrogen-bond donors (Lipinski definition) is 3. The molecule has 0 saturated heterocycles. The van der Waals surface area contributed by atoms with E-state index in [2.05, 4.69) is 4.98 Å². The van der Waals surface area contributed by atoms with Gasteiger partial charge in [0.05, 0.1) is 30.9 Å². The van der Waals surface area contributed by atoms with Crippen LogP contribution in [0.15, 0.2) is 79.0 Å². The predicted octanol–water partition coefficient (Wildman–Crippen LogP) is 5.74. The van der Waals surface area contributed by atoms with Crippen molar-refractivity contribution in [3.05, 3.63) is 107 Å². The molecule has 1 aliphatic heterocycles. The van der Waals surface area contributed by atoms with Crippen LogP contribution in [-0.4, -0.2) is 60.4 Å². The van der Waals surface area contributed by atoms with Gasteiger partial charge in [0, 0.05) is 42.0 Å². The van der Waals surface area contributed by atoms with E-state index in [1.165, 1.54) is 18.2 Å². The fourth-order valence-corrected chi connectivity index (χ4v) is 5.84. The molecule has 1 aliphatic rings. The summed E-state index contributed by atoms with van der Waals surface area (Å²) in [6, 6.07) is 19.4. The first-order valence-corrected chi connectivity index (χ1v) is 14.7. The van der Waals surface area contributed by atoms with E-state index in [0.29, 0.717) is 47.6 Å². The molecule has 228 valence electrons. The van der Waals surface area contributed by atoms with Gasteiger partial charge in [-0.3, -0.25) is 14.6 Å². The molecule has 8 nitrogen and oxygen atoms in total. The van der Waals surface area contributed by atoms with Crippen LogP contribution in [0.5, 0.6) is 0 Å². The molecule has 3 heterocycles. The molecule has 1 amide bonds.